The lowest BCUT2D eigenvalue weighted by Crippen LogP contribution is -2.36. The Bertz CT molecular complexity index is 187. The molecule has 0 aliphatic carbocycles. The molecule has 0 rings (SSSR count). The van der Waals surface area contributed by atoms with Crippen molar-refractivity contribution in [3.05, 3.63) is 0 Å². The van der Waals surface area contributed by atoms with Gasteiger partial charge < -0.3 is 9.64 Å². The van der Waals surface area contributed by atoms with Crippen LogP contribution >= 0.6 is 0 Å². The van der Waals surface area contributed by atoms with Crippen LogP contribution in [0, 0.1) is 0 Å². The van der Waals surface area contributed by atoms with Crippen molar-refractivity contribution in [2.24, 2.45) is 0 Å². The largest absolute Gasteiger partial charge is 0.466 e. The van der Waals surface area contributed by atoms with Gasteiger partial charge in [0.05, 0.1) is 13.0 Å². The summed E-state index contributed by atoms with van der Waals surface area (Å²) < 4.78 is 5.01. The van der Waals surface area contributed by atoms with Gasteiger partial charge in [0.2, 0.25) is 0 Å². The zero-order valence-electron chi connectivity index (χ0n) is 12.0. The molecule has 0 aliphatic rings. The molecule has 1 unspecified atom stereocenters. The first kappa shape index (κ1) is 16.4. The number of hydrogen-bond acceptors (Lipinski definition) is 3. The summed E-state index contributed by atoms with van der Waals surface area (Å²) in [5.74, 6) is -0.0713. The molecule has 0 aromatic carbocycles. The first-order chi connectivity index (χ1) is 8.15. The van der Waals surface area contributed by atoms with E-state index in [0.717, 1.165) is 13.1 Å². The van der Waals surface area contributed by atoms with E-state index in [-0.39, 0.29) is 5.97 Å². The first-order valence-corrected chi connectivity index (χ1v) is 7.05. The highest BCUT2D eigenvalue weighted by Crippen LogP contribution is 2.09. The zero-order chi connectivity index (χ0) is 13.1. The molecule has 102 valence electrons. The van der Waals surface area contributed by atoms with Crippen LogP contribution in [0.1, 0.15) is 59.8 Å². The van der Waals surface area contributed by atoms with Gasteiger partial charge in [-0.15, -0.1) is 0 Å². The molecule has 0 saturated heterocycles. The molecule has 0 bridgehead atoms. The Morgan fingerprint density at radius 3 is 2.06 bits per heavy atom. The highest BCUT2D eigenvalue weighted by molar-refractivity contribution is 5.70. The molecular formula is C14H29NO2. The van der Waals surface area contributed by atoms with E-state index < -0.39 is 0 Å². The van der Waals surface area contributed by atoms with Crippen molar-refractivity contribution in [2.75, 3.05) is 19.7 Å². The van der Waals surface area contributed by atoms with E-state index in [2.05, 4.69) is 25.7 Å². The molecule has 0 heterocycles. The van der Waals surface area contributed by atoms with Crippen molar-refractivity contribution < 1.29 is 9.53 Å². The molecule has 3 heteroatoms. The van der Waals surface area contributed by atoms with E-state index in [4.69, 9.17) is 4.74 Å². The van der Waals surface area contributed by atoms with Crippen LogP contribution in [0.5, 0.6) is 0 Å². The molecule has 0 amide bonds. The van der Waals surface area contributed by atoms with Crippen LogP contribution in [-0.2, 0) is 9.53 Å². The van der Waals surface area contributed by atoms with Crippen molar-refractivity contribution in [2.45, 2.75) is 65.8 Å². The SMILES string of the molecule is CCCCN(CCCC)C(C)CC(=O)OCC. The third kappa shape index (κ3) is 8.19. The minimum atomic E-state index is -0.0713. The van der Waals surface area contributed by atoms with E-state index in [9.17, 15) is 4.79 Å². The average Bonchev–Trinajstić information content (AvgIpc) is 2.29. The minimum Gasteiger partial charge on any atom is -0.466 e. The average molecular weight is 243 g/mol. The zero-order valence-corrected chi connectivity index (χ0v) is 12.0. The van der Waals surface area contributed by atoms with E-state index in [0.29, 0.717) is 19.1 Å². The third-order valence-electron chi connectivity index (χ3n) is 2.99. The van der Waals surface area contributed by atoms with Gasteiger partial charge in [0, 0.05) is 6.04 Å². The maximum absolute atomic E-state index is 11.5. The lowest BCUT2D eigenvalue weighted by molar-refractivity contribution is -0.144. The van der Waals surface area contributed by atoms with Crippen LogP contribution in [0.4, 0.5) is 0 Å². The molecule has 0 N–H and O–H groups in total. The van der Waals surface area contributed by atoms with E-state index in [1.165, 1.54) is 25.7 Å². The highest BCUT2D eigenvalue weighted by atomic mass is 16.5. The number of unbranched alkanes of at least 4 members (excludes halogenated alkanes) is 2. The maximum Gasteiger partial charge on any atom is 0.307 e. The van der Waals surface area contributed by atoms with Crippen molar-refractivity contribution in [3.63, 3.8) is 0 Å². The second kappa shape index (κ2) is 10.6. The van der Waals surface area contributed by atoms with Gasteiger partial charge in [-0.25, -0.2) is 0 Å². The summed E-state index contributed by atoms with van der Waals surface area (Å²) in [5.41, 5.74) is 0. The van der Waals surface area contributed by atoms with Gasteiger partial charge in [0.15, 0.2) is 0 Å². The molecule has 0 radical (unpaired) electrons. The fourth-order valence-corrected chi connectivity index (χ4v) is 1.87. The number of hydrogen-bond donors (Lipinski definition) is 0. The van der Waals surface area contributed by atoms with Gasteiger partial charge in [-0.2, -0.15) is 0 Å². The standard InChI is InChI=1S/C14H29NO2/c1-5-8-10-15(11-9-6-2)13(4)12-14(16)17-7-3/h13H,5-12H2,1-4H3. The molecule has 0 fully saturated rings. The lowest BCUT2D eigenvalue weighted by Gasteiger charge is -2.28. The van der Waals surface area contributed by atoms with Crippen molar-refractivity contribution >= 4 is 5.97 Å². The Labute approximate surface area is 107 Å². The van der Waals surface area contributed by atoms with Gasteiger partial charge in [-0.3, -0.25) is 4.79 Å². The van der Waals surface area contributed by atoms with E-state index in [1.54, 1.807) is 0 Å². The van der Waals surface area contributed by atoms with Gasteiger partial charge in [-0.1, -0.05) is 26.7 Å². The summed E-state index contributed by atoms with van der Waals surface area (Å²) in [7, 11) is 0. The number of carbonyl (C=O) groups is 1. The molecule has 17 heavy (non-hydrogen) atoms. The maximum atomic E-state index is 11.5. The molecule has 0 aliphatic heterocycles. The predicted molar refractivity (Wildman–Crippen MR) is 72.1 cm³/mol. The topological polar surface area (TPSA) is 29.5 Å². The smallest absolute Gasteiger partial charge is 0.307 e. The number of nitrogens with zero attached hydrogens (tertiary/aromatic N) is 1. The fourth-order valence-electron chi connectivity index (χ4n) is 1.87. The van der Waals surface area contributed by atoms with Crippen molar-refractivity contribution in [1.29, 1.82) is 0 Å². The molecule has 1 atom stereocenters. The monoisotopic (exact) mass is 243 g/mol. The number of rotatable bonds is 10. The van der Waals surface area contributed by atoms with Crippen molar-refractivity contribution in [1.82, 2.24) is 4.90 Å². The van der Waals surface area contributed by atoms with Crippen LogP contribution in [0.3, 0.4) is 0 Å². The summed E-state index contributed by atoms with van der Waals surface area (Å²) >= 11 is 0. The third-order valence-corrected chi connectivity index (χ3v) is 2.99. The Hall–Kier alpha value is -0.570. The van der Waals surface area contributed by atoms with Gasteiger partial charge in [-0.05, 0) is 39.8 Å². The normalized spacial score (nSPS) is 12.8. The predicted octanol–water partition coefficient (Wildman–Crippen LogP) is 3.23. The molecule has 3 nitrogen and oxygen atoms in total. The van der Waals surface area contributed by atoms with Crippen LogP contribution in [0.25, 0.3) is 0 Å². The lowest BCUT2D eigenvalue weighted by atomic mass is 10.1. The molecule has 0 spiro atoms. The second-order valence-corrected chi connectivity index (χ2v) is 4.60. The fraction of sp³-hybridized carbons (Fsp3) is 0.929. The molecule has 0 aromatic heterocycles. The number of carbonyl (C=O) groups excluding carboxylic acids is 1. The summed E-state index contributed by atoms with van der Waals surface area (Å²) in [4.78, 5) is 13.9. The number of ether oxygens (including phenoxy) is 1. The summed E-state index contributed by atoms with van der Waals surface area (Å²) in [6, 6.07) is 0.298. The Morgan fingerprint density at radius 2 is 1.65 bits per heavy atom. The highest BCUT2D eigenvalue weighted by Gasteiger charge is 2.16. The van der Waals surface area contributed by atoms with Crippen LogP contribution in [0.2, 0.25) is 0 Å². The van der Waals surface area contributed by atoms with Crippen LogP contribution < -0.4 is 0 Å². The van der Waals surface area contributed by atoms with Gasteiger partial charge in [0.25, 0.3) is 0 Å². The van der Waals surface area contributed by atoms with Crippen LogP contribution in [-0.4, -0.2) is 36.6 Å². The van der Waals surface area contributed by atoms with Crippen LogP contribution in [0.15, 0.2) is 0 Å². The molecule has 0 aromatic rings. The summed E-state index contributed by atoms with van der Waals surface area (Å²) in [5, 5.41) is 0. The molecular weight excluding hydrogens is 214 g/mol. The Balaban J connectivity index is 4.09. The van der Waals surface area contributed by atoms with E-state index in [1.807, 2.05) is 6.92 Å². The molecule has 0 saturated carbocycles. The minimum absolute atomic E-state index is 0.0713. The summed E-state index contributed by atoms with van der Waals surface area (Å²) in [6.45, 7) is 11.1. The van der Waals surface area contributed by atoms with Crippen molar-refractivity contribution in [3.8, 4) is 0 Å². The first-order valence-electron chi connectivity index (χ1n) is 7.05. The van der Waals surface area contributed by atoms with Gasteiger partial charge in [0.1, 0.15) is 0 Å². The van der Waals surface area contributed by atoms with E-state index >= 15 is 0 Å². The van der Waals surface area contributed by atoms with Gasteiger partial charge >= 0.3 is 5.97 Å². The summed E-state index contributed by atoms with van der Waals surface area (Å²) in [6.07, 6.45) is 5.33. The Kier molecular flexibility index (Phi) is 10.2. The second-order valence-electron chi connectivity index (χ2n) is 4.60. The number of esters is 1. The Morgan fingerprint density at radius 1 is 1.12 bits per heavy atom. The quantitative estimate of drug-likeness (QED) is 0.552.